The van der Waals surface area contributed by atoms with Gasteiger partial charge in [-0.25, -0.2) is 0 Å². The summed E-state index contributed by atoms with van der Waals surface area (Å²) < 4.78 is 0. The van der Waals surface area contributed by atoms with E-state index in [9.17, 15) is 5.26 Å². The number of nitrogens with zero attached hydrogens (tertiary/aromatic N) is 4. The van der Waals surface area contributed by atoms with Crippen LogP contribution in [0.1, 0.15) is 25.0 Å². The van der Waals surface area contributed by atoms with Gasteiger partial charge in [-0.1, -0.05) is 38.1 Å². The quantitative estimate of drug-likeness (QED) is 0.495. The highest BCUT2D eigenvalue weighted by molar-refractivity contribution is 6.07. The molecule has 0 radical (unpaired) electrons. The fourth-order valence-electron chi connectivity index (χ4n) is 3.01. The molecule has 0 saturated carbocycles. The zero-order chi connectivity index (χ0) is 17.2. The van der Waals surface area contributed by atoms with Gasteiger partial charge in [0.2, 0.25) is 12.2 Å². The Balaban J connectivity index is 2.04. The summed E-state index contributed by atoms with van der Waals surface area (Å²) >= 11 is 0. The van der Waals surface area contributed by atoms with Crippen LogP contribution >= 0.6 is 0 Å². The van der Waals surface area contributed by atoms with E-state index >= 15 is 0 Å². The number of aliphatic imine (C=N–C) groups is 1. The van der Waals surface area contributed by atoms with Crippen molar-refractivity contribution >= 4 is 17.3 Å². The summed E-state index contributed by atoms with van der Waals surface area (Å²) in [4.78, 5) is 5.94. The molecule has 3 rings (SSSR count). The number of benzene rings is 2. The number of anilines is 2. The molecule has 1 N–H and O–H groups in total. The van der Waals surface area contributed by atoms with Crippen molar-refractivity contribution in [2.45, 2.75) is 19.3 Å². The van der Waals surface area contributed by atoms with Crippen molar-refractivity contribution in [1.29, 1.82) is 10.5 Å². The minimum atomic E-state index is -0.0993. The Bertz CT molecular complexity index is 869. The molecule has 0 saturated heterocycles. The Morgan fingerprint density at radius 2 is 1.92 bits per heavy atom. The standard InChI is InChI=1S/C19H17N5/c1-19(2)12-24(17-10-14(11-20)8-9-16(17)19)18(22-13-21)23-15-6-4-3-5-7-15/h3-10H,12H2,1-2H3,(H,22,23). The number of rotatable bonds is 1. The van der Waals surface area contributed by atoms with Crippen LogP contribution in [0.2, 0.25) is 0 Å². The molecule has 5 nitrogen and oxygen atoms in total. The molecule has 1 heterocycles. The summed E-state index contributed by atoms with van der Waals surface area (Å²) in [5.74, 6) is 0.464. The van der Waals surface area contributed by atoms with Gasteiger partial charge in [0.15, 0.2) is 0 Å². The molecule has 5 heteroatoms. The molecule has 0 fully saturated rings. The Hall–Kier alpha value is -3.31. The number of hydrogen-bond acceptors (Lipinski definition) is 3. The summed E-state index contributed by atoms with van der Waals surface area (Å²) in [6.07, 6.45) is 1.87. The second-order valence-electron chi connectivity index (χ2n) is 6.34. The van der Waals surface area contributed by atoms with Crippen molar-refractivity contribution < 1.29 is 0 Å². The average molecular weight is 315 g/mol. The van der Waals surface area contributed by atoms with E-state index in [1.165, 1.54) is 0 Å². The minimum Gasteiger partial charge on any atom is -0.325 e. The first-order valence-electron chi connectivity index (χ1n) is 7.66. The van der Waals surface area contributed by atoms with Gasteiger partial charge >= 0.3 is 0 Å². The molecular weight excluding hydrogens is 298 g/mol. The average Bonchev–Trinajstić information content (AvgIpc) is 2.86. The predicted molar refractivity (Wildman–Crippen MR) is 94.6 cm³/mol. The summed E-state index contributed by atoms with van der Waals surface area (Å²) in [5.41, 5.74) is 3.40. The van der Waals surface area contributed by atoms with Gasteiger partial charge in [-0.2, -0.15) is 10.5 Å². The maximum Gasteiger partial charge on any atom is 0.218 e. The van der Waals surface area contributed by atoms with Crippen LogP contribution < -0.4 is 10.2 Å². The molecule has 0 bridgehead atoms. The lowest BCUT2D eigenvalue weighted by Gasteiger charge is -2.24. The number of nitriles is 2. The summed E-state index contributed by atoms with van der Waals surface area (Å²) in [6, 6.07) is 17.4. The van der Waals surface area contributed by atoms with Crippen LogP contribution in [-0.4, -0.2) is 12.5 Å². The van der Waals surface area contributed by atoms with E-state index in [1.54, 1.807) is 0 Å². The van der Waals surface area contributed by atoms with Crippen LogP contribution in [0.5, 0.6) is 0 Å². The van der Waals surface area contributed by atoms with E-state index in [0.29, 0.717) is 18.1 Å². The lowest BCUT2D eigenvalue weighted by atomic mass is 9.87. The molecule has 2 aromatic carbocycles. The first-order valence-corrected chi connectivity index (χ1v) is 7.66. The van der Waals surface area contributed by atoms with Gasteiger partial charge in [0.05, 0.1) is 11.6 Å². The first-order chi connectivity index (χ1) is 11.5. The first kappa shape index (κ1) is 15.6. The second kappa shape index (κ2) is 6.06. The fourth-order valence-corrected chi connectivity index (χ4v) is 3.01. The molecule has 0 atom stereocenters. The molecule has 2 aromatic rings. The van der Waals surface area contributed by atoms with E-state index in [0.717, 1.165) is 16.9 Å². The van der Waals surface area contributed by atoms with Crippen molar-refractivity contribution in [2.24, 2.45) is 4.99 Å². The van der Waals surface area contributed by atoms with Crippen LogP contribution in [-0.2, 0) is 5.41 Å². The zero-order valence-electron chi connectivity index (χ0n) is 13.6. The molecule has 1 aliphatic heterocycles. The summed E-state index contributed by atoms with van der Waals surface area (Å²) in [6.45, 7) is 4.96. The van der Waals surface area contributed by atoms with E-state index in [-0.39, 0.29) is 5.41 Å². The monoisotopic (exact) mass is 315 g/mol. The highest BCUT2D eigenvalue weighted by Crippen LogP contribution is 2.41. The predicted octanol–water partition coefficient (Wildman–Crippen LogP) is 3.61. The number of hydrogen-bond donors (Lipinski definition) is 1. The van der Waals surface area contributed by atoms with Gasteiger partial charge in [-0.05, 0) is 29.8 Å². The highest BCUT2D eigenvalue weighted by atomic mass is 15.3. The van der Waals surface area contributed by atoms with Crippen molar-refractivity contribution in [2.75, 3.05) is 16.8 Å². The lowest BCUT2D eigenvalue weighted by molar-refractivity contribution is 0.572. The van der Waals surface area contributed by atoms with Crippen molar-refractivity contribution in [3.8, 4) is 12.3 Å². The maximum atomic E-state index is 9.20. The Morgan fingerprint density at radius 3 is 2.58 bits per heavy atom. The number of para-hydroxylation sites is 1. The van der Waals surface area contributed by atoms with Crippen LogP contribution in [0.25, 0.3) is 0 Å². The van der Waals surface area contributed by atoms with Gasteiger partial charge in [-0.3, -0.25) is 0 Å². The summed E-state index contributed by atoms with van der Waals surface area (Å²) in [5, 5.41) is 21.5. The number of fused-ring (bicyclic) bond motifs is 1. The molecule has 0 amide bonds. The topological polar surface area (TPSA) is 75.2 Å². The SMILES string of the molecule is CC1(C)CN(C(=NC#N)Nc2ccccc2)c2cc(C#N)ccc21. The molecule has 0 unspecified atom stereocenters. The minimum absolute atomic E-state index is 0.0993. The Labute approximate surface area is 141 Å². The van der Waals surface area contributed by atoms with Crippen molar-refractivity contribution in [3.05, 3.63) is 59.7 Å². The molecule has 1 aliphatic rings. The number of guanidine groups is 1. The smallest absolute Gasteiger partial charge is 0.218 e. The van der Waals surface area contributed by atoms with Gasteiger partial charge in [0.1, 0.15) is 0 Å². The van der Waals surface area contributed by atoms with E-state index in [1.807, 2.05) is 59.6 Å². The molecule has 0 aliphatic carbocycles. The third kappa shape index (κ3) is 2.80. The third-order valence-corrected chi connectivity index (χ3v) is 4.14. The maximum absolute atomic E-state index is 9.20. The van der Waals surface area contributed by atoms with Crippen LogP contribution in [0.15, 0.2) is 53.5 Å². The van der Waals surface area contributed by atoms with Crippen LogP contribution in [0.4, 0.5) is 11.4 Å². The van der Waals surface area contributed by atoms with Gasteiger partial charge in [0, 0.05) is 23.3 Å². The van der Waals surface area contributed by atoms with E-state index in [2.05, 4.69) is 30.2 Å². The largest absolute Gasteiger partial charge is 0.325 e. The van der Waals surface area contributed by atoms with Crippen molar-refractivity contribution in [1.82, 2.24) is 0 Å². The van der Waals surface area contributed by atoms with Gasteiger partial charge in [0.25, 0.3) is 0 Å². The van der Waals surface area contributed by atoms with Crippen LogP contribution in [0, 0.1) is 22.8 Å². The molecule has 24 heavy (non-hydrogen) atoms. The summed E-state index contributed by atoms with van der Waals surface area (Å²) in [7, 11) is 0. The van der Waals surface area contributed by atoms with Crippen LogP contribution in [0.3, 0.4) is 0 Å². The molecule has 118 valence electrons. The lowest BCUT2D eigenvalue weighted by Crippen LogP contribution is -2.38. The van der Waals surface area contributed by atoms with E-state index < -0.39 is 0 Å². The molecule has 0 aromatic heterocycles. The fraction of sp³-hybridized carbons (Fsp3) is 0.211. The van der Waals surface area contributed by atoms with Crippen molar-refractivity contribution in [3.63, 3.8) is 0 Å². The van der Waals surface area contributed by atoms with Gasteiger partial charge < -0.3 is 10.2 Å². The Kier molecular flexibility index (Phi) is 3.93. The normalized spacial score (nSPS) is 15.3. The second-order valence-corrected chi connectivity index (χ2v) is 6.34. The van der Waals surface area contributed by atoms with E-state index in [4.69, 9.17) is 5.26 Å². The molecular formula is C19H17N5. The third-order valence-electron chi connectivity index (χ3n) is 4.14. The van der Waals surface area contributed by atoms with Gasteiger partial charge in [-0.15, -0.1) is 4.99 Å². The molecule has 0 spiro atoms. The zero-order valence-corrected chi connectivity index (χ0v) is 13.6. The number of nitrogens with one attached hydrogen (secondary N) is 1. The Morgan fingerprint density at radius 1 is 1.17 bits per heavy atom. The highest BCUT2D eigenvalue weighted by Gasteiger charge is 2.37.